The zero-order valence-corrected chi connectivity index (χ0v) is 12.1. The summed E-state index contributed by atoms with van der Waals surface area (Å²) in [4.78, 5) is 10.3. The Kier molecular flexibility index (Phi) is 3.96. The van der Waals surface area contributed by atoms with Crippen molar-refractivity contribution in [3.8, 4) is 0 Å². The van der Waals surface area contributed by atoms with Crippen LogP contribution < -0.4 is 10.0 Å². The molecule has 20 heavy (non-hydrogen) atoms. The molecular formula is C12H17N3O4S. The van der Waals surface area contributed by atoms with Gasteiger partial charge in [-0.2, -0.15) is 0 Å². The number of rotatable bonds is 6. The minimum absolute atomic E-state index is 0.0873. The summed E-state index contributed by atoms with van der Waals surface area (Å²) in [5.41, 5.74) is 0.0265. The highest BCUT2D eigenvalue weighted by molar-refractivity contribution is 7.89. The van der Waals surface area contributed by atoms with Crippen molar-refractivity contribution < 1.29 is 13.3 Å². The fourth-order valence-electron chi connectivity index (χ4n) is 2.05. The molecule has 1 fully saturated rings. The predicted molar refractivity (Wildman–Crippen MR) is 75.2 cm³/mol. The van der Waals surface area contributed by atoms with Crippen LogP contribution >= 0.6 is 0 Å². The number of nitro groups is 1. The number of benzene rings is 1. The van der Waals surface area contributed by atoms with Crippen molar-refractivity contribution in [3.63, 3.8) is 0 Å². The van der Waals surface area contributed by atoms with E-state index in [9.17, 15) is 18.5 Å². The monoisotopic (exact) mass is 299 g/mol. The SMILES string of the molecule is CNc1ccc(S(=O)(=O)NC(C)C2CC2)cc1[N+](=O)[O-]. The first-order valence-electron chi connectivity index (χ1n) is 6.33. The molecule has 1 aliphatic carbocycles. The van der Waals surface area contributed by atoms with Crippen molar-refractivity contribution >= 4 is 21.4 Å². The van der Waals surface area contributed by atoms with E-state index in [1.165, 1.54) is 12.1 Å². The quantitative estimate of drug-likeness (QED) is 0.615. The summed E-state index contributed by atoms with van der Waals surface area (Å²) >= 11 is 0. The second-order valence-corrected chi connectivity index (χ2v) is 6.65. The maximum absolute atomic E-state index is 12.2. The van der Waals surface area contributed by atoms with E-state index >= 15 is 0 Å². The Bertz CT molecular complexity index is 626. The first kappa shape index (κ1) is 14.7. The summed E-state index contributed by atoms with van der Waals surface area (Å²) in [6.45, 7) is 1.81. The Morgan fingerprint density at radius 2 is 2.05 bits per heavy atom. The molecule has 0 bridgehead atoms. The summed E-state index contributed by atoms with van der Waals surface area (Å²) in [6, 6.07) is 3.69. The van der Waals surface area contributed by atoms with Crippen molar-refractivity contribution in [2.75, 3.05) is 12.4 Å². The first-order valence-corrected chi connectivity index (χ1v) is 7.82. The van der Waals surface area contributed by atoms with Crippen LogP contribution in [0.25, 0.3) is 0 Å². The van der Waals surface area contributed by atoms with E-state index in [0.29, 0.717) is 5.92 Å². The molecule has 0 saturated heterocycles. The van der Waals surface area contributed by atoms with Crippen molar-refractivity contribution in [1.29, 1.82) is 0 Å². The Hall–Kier alpha value is -1.67. The number of nitrogens with one attached hydrogen (secondary N) is 2. The Morgan fingerprint density at radius 3 is 2.55 bits per heavy atom. The lowest BCUT2D eigenvalue weighted by Crippen LogP contribution is -2.34. The summed E-state index contributed by atoms with van der Waals surface area (Å²) < 4.78 is 27.0. The summed E-state index contributed by atoms with van der Waals surface area (Å²) in [5.74, 6) is 0.372. The minimum atomic E-state index is -3.73. The average Bonchev–Trinajstić information content (AvgIpc) is 3.21. The topological polar surface area (TPSA) is 101 Å². The van der Waals surface area contributed by atoms with Crippen molar-refractivity contribution in [3.05, 3.63) is 28.3 Å². The van der Waals surface area contributed by atoms with Gasteiger partial charge in [0.1, 0.15) is 5.69 Å². The number of hydrogen-bond acceptors (Lipinski definition) is 5. The normalized spacial score (nSPS) is 16.7. The molecule has 8 heteroatoms. The number of hydrogen-bond donors (Lipinski definition) is 2. The van der Waals surface area contributed by atoms with Gasteiger partial charge in [-0.15, -0.1) is 0 Å². The molecule has 0 aliphatic heterocycles. The Balaban J connectivity index is 2.31. The molecule has 0 aromatic heterocycles. The summed E-state index contributed by atoms with van der Waals surface area (Å²) in [6.07, 6.45) is 2.03. The summed E-state index contributed by atoms with van der Waals surface area (Å²) in [5, 5.41) is 13.6. The highest BCUT2D eigenvalue weighted by Gasteiger charge is 2.31. The van der Waals surface area contributed by atoms with Gasteiger partial charge in [-0.1, -0.05) is 0 Å². The van der Waals surface area contributed by atoms with Gasteiger partial charge in [-0.25, -0.2) is 13.1 Å². The van der Waals surface area contributed by atoms with Crippen LogP contribution in [0.15, 0.2) is 23.1 Å². The minimum Gasteiger partial charge on any atom is -0.383 e. The highest BCUT2D eigenvalue weighted by atomic mass is 32.2. The smallest absolute Gasteiger partial charge is 0.293 e. The van der Waals surface area contributed by atoms with Gasteiger partial charge in [0.15, 0.2) is 0 Å². The van der Waals surface area contributed by atoms with Gasteiger partial charge in [-0.05, 0) is 37.8 Å². The fourth-order valence-corrected chi connectivity index (χ4v) is 3.38. The van der Waals surface area contributed by atoms with E-state index in [0.717, 1.165) is 18.9 Å². The maximum Gasteiger partial charge on any atom is 0.293 e. The number of nitro benzene ring substituents is 1. The highest BCUT2D eigenvalue weighted by Crippen LogP contribution is 2.33. The van der Waals surface area contributed by atoms with Gasteiger partial charge in [0.2, 0.25) is 10.0 Å². The van der Waals surface area contributed by atoms with E-state index in [2.05, 4.69) is 10.0 Å². The van der Waals surface area contributed by atoms with Gasteiger partial charge in [0.05, 0.1) is 9.82 Å². The van der Waals surface area contributed by atoms with E-state index in [1.807, 2.05) is 6.92 Å². The largest absolute Gasteiger partial charge is 0.383 e. The van der Waals surface area contributed by atoms with Gasteiger partial charge in [0.25, 0.3) is 5.69 Å². The lowest BCUT2D eigenvalue weighted by molar-refractivity contribution is -0.384. The van der Waals surface area contributed by atoms with Gasteiger partial charge >= 0.3 is 0 Å². The molecular weight excluding hydrogens is 282 g/mol. The molecule has 1 atom stereocenters. The first-order chi connectivity index (χ1) is 9.35. The molecule has 1 aliphatic rings. The fraction of sp³-hybridized carbons (Fsp3) is 0.500. The molecule has 7 nitrogen and oxygen atoms in total. The van der Waals surface area contributed by atoms with Crippen molar-refractivity contribution in [2.45, 2.75) is 30.7 Å². The molecule has 0 spiro atoms. The van der Waals surface area contributed by atoms with Crippen molar-refractivity contribution in [1.82, 2.24) is 4.72 Å². The van der Waals surface area contributed by atoms with Crippen LogP contribution in [0.2, 0.25) is 0 Å². The lowest BCUT2D eigenvalue weighted by Gasteiger charge is -2.13. The number of sulfonamides is 1. The third-order valence-corrected chi connectivity index (χ3v) is 4.97. The zero-order chi connectivity index (χ0) is 14.9. The Morgan fingerprint density at radius 1 is 1.40 bits per heavy atom. The second kappa shape index (κ2) is 5.37. The van der Waals surface area contributed by atoms with Crippen molar-refractivity contribution in [2.24, 2.45) is 5.92 Å². The molecule has 110 valence electrons. The third-order valence-electron chi connectivity index (χ3n) is 3.42. The van der Waals surface area contributed by atoms with Crippen LogP contribution in [-0.2, 0) is 10.0 Å². The van der Waals surface area contributed by atoms with Crippen LogP contribution in [0.4, 0.5) is 11.4 Å². The average molecular weight is 299 g/mol. The maximum atomic E-state index is 12.2. The molecule has 1 saturated carbocycles. The van der Waals surface area contributed by atoms with Crippen LogP contribution in [0.3, 0.4) is 0 Å². The zero-order valence-electron chi connectivity index (χ0n) is 11.3. The number of anilines is 1. The molecule has 2 N–H and O–H groups in total. The molecule has 0 heterocycles. The van der Waals surface area contributed by atoms with Crippen LogP contribution in [0, 0.1) is 16.0 Å². The Labute approximate surface area is 117 Å². The lowest BCUT2D eigenvalue weighted by atomic mass is 10.2. The number of nitrogens with zero attached hydrogens (tertiary/aromatic N) is 1. The van der Waals surface area contributed by atoms with Gasteiger partial charge < -0.3 is 5.32 Å². The van der Waals surface area contributed by atoms with Crippen LogP contribution in [0.5, 0.6) is 0 Å². The molecule has 2 rings (SSSR count). The van der Waals surface area contributed by atoms with Gasteiger partial charge in [0, 0.05) is 19.2 Å². The molecule has 0 amide bonds. The van der Waals surface area contributed by atoms with Gasteiger partial charge in [-0.3, -0.25) is 10.1 Å². The van der Waals surface area contributed by atoms with Crippen LogP contribution in [-0.4, -0.2) is 26.4 Å². The third kappa shape index (κ3) is 3.07. The molecule has 0 radical (unpaired) electrons. The predicted octanol–water partition coefficient (Wildman–Crippen LogP) is 1.71. The van der Waals surface area contributed by atoms with Crippen LogP contribution in [0.1, 0.15) is 19.8 Å². The standard InChI is InChI=1S/C12H17N3O4S/c1-8(9-3-4-9)14-20(18,19)10-5-6-11(13-2)12(7-10)15(16)17/h5-9,13-14H,3-4H2,1-2H3. The van der Waals surface area contributed by atoms with E-state index in [4.69, 9.17) is 0 Å². The van der Waals surface area contributed by atoms with E-state index < -0.39 is 14.9 Å². The van der Waals surface area contributed by atoms with E-state index in [-0.39, 0.29) is 22.3 Å². The second-order valence-electron chi connectivity index (χ2n) is 4.93. The molecule has 1 aromatic rings. The molecule has 1 aromatic carbocycles. The molecule has 1 unspecified atom stereocenters. The summed E-state index contributed by atoms with van der Waals surface area (Å²) in [7, 11) is -2.18. The van der Waals surface area contributed by atoms with E-state index in [1.54, 1.807) is 7.05 Å².